The van der Waals surface area contributed by atoms with Gasteiger partial charge in [-0.1, -0.05) is 12.2 Å². The van der Waals surface area contributed by atoms with Crippen LogP contribution >= 0.6 is 0 Å². The van der Waals surface area contributed by atoms with Crippen molar-refractivity contribution < 1.29 is 15.0 Å². The molecule has 4 nitrogen and oxygen atoms in total. The van der Waals surface area contributed by atoms with Crippen LogP contribution in [0.3, 0.4) is 0 Å². The number of carbonyl (C=O) groups is 1. The number of carboxylic acids is 1. The molecule has 0 fully saturated rings. The number of nitrogens with one attached hydrogen (secondary N) is 1. The van der Waals surface area contributed by atoms with E-state index in [4.69, 9.17) is 5.11 Å². The van der Waals surface area contributed by atoms with Crippen LogP contribution in [0, 0.1) is 0 Å². The number of benzene rings is 1. The largest absolute Gasteiger partial charge is 0.508 e. The zero-order valence-electron chi connectivity index (χ0n) is 7.32. The van der Waals surface area contributed by atoms with Crippen LogP contribution in [-0.2, 0) is 0 Å². The van der Waals surface area contributed by atoms with E-state index < -0.39 is 5.97 Å². The molecule has 14 heavy (non-hydrogen) atoms. The molecule has 1 aliphatic heterocycles. The summed E-state index contributed by atoms with van der Waals surface area (Å²) in [6, 6.07) is 2.78. The molecule has 4 heteroatoms. The quantitative estimate of drug-likeness (QED) is 0.589. The summed E-state index contributed by atoms with van der Waals surface area (Å²) in [7, 11) is 0. The van der Waals surface area contributed by atoms with Crippen LogP contribution in [0.5, 0.6) is 5.75 Å². The van der Waals surface area contributed by atoms with Gasteiger partial charge in [-0.05, 0) is 12.1 Å². The first kappa shape index (κ1) is 8.62. The number of aromatic hydroxyl groups is 1. The summed E-state index contributed by atoms with van der Waals surface area (Å²) < 4.78 is 0. The van der Waals surface area contributed by atoms with Crippen LogP contribution in [0.15, 0.2) is 18.2 Å². The van der Waals surface area contributed by atoms with Gasteiger partial charge >= 0.3 is 5.97 Å². The van der Waals surface area contributed by atoms with Crippen LogP contribution in [0.1, 0.15) is 15.9 Å². The third kappa shape index (κ3) is 1.31. The number of carboxylic acid groups (broad SMARTS) is 1. The Morgan fingerprint density at radius 1 is 1.43 bits per heavy atom. The SMILES string of the molecule is O=C(O)c1cc(O)cc2c1NCC=C2. The smallest absolute Gasteiger partial charge is 0.337 e. The summed E-state index contributed by atoms with van der Waals surface area (Å²) in [6.45, 7) is 0.609. The molecule has 0 aliphatic carbocycles. The second kappa shape index (κ2) is 3.06. The first-order chi connectivity index (χ1) is 6.68. The highest BCUT2D eigenvalue weighted by molar-refractivity contribution is 5.97. The van der Waals surface area contributed by atoms with Gasteiger partial charge in [-0.25, -0.2) is 4.79 Å². The maximum Gasteiger partial charge on any atom is 0.337 e. The topological polar surface area (TPSA) is 69.6 Å². The van der Waals surface area contributed by atoms with Crippen LogP contribution < -0.4 is 5.32 Å². The summed E-state index contributed by atoms with van der Waals surface area (Å²) in [5, 5.41) is 21.1. The minimum atomic E-state index is -1.04. The Labute approximate surface area is 80.5 Å². The van der Waals surface area contributed by atoms with Gasteiger partial charge in [-0.15, -0.1) is 0 Å². The first-order valence-corrected chi connectivity index (χ1v) is 4.19. The van der Waals surface area contributed by atoms with Gasteiger partial charge in [0, 0.05) is 12.1 Å². The lowest BCUT2D eigenvalue weighted by Crippen LogP contribution is -2.10. The predicted octanol–water partition coefficient (Wildman–Crippen LogP) is 1.53. The molecule has 2 rings (SSSR count). The second-order valence-electron chi connectivity index (χ2n) is 3.05. The van der Waals surface area contributed by atoms with Crippen molar-refractivity contribution in [2.75, 3.05) is 11.9 Å². The van der Waals surface area contributed by atoms with E-state index >= 15 is 0 Å². The minimum absolute atomic E-state index is 0.0329. The Kier molecular flexibility index (Phi) is 1.89. The number of phenolic OH excluding ortho intramolecular Hbond substituents is 1. The molecule has 0 aromatic heterocycles. The van der Waals surface area contributed by atoms with Gasteiger partial charge in [0.1, 0.15) is 5.75 Å². The number of anilines is 1. The van der Waals surface area contributed by atoms with Crippen molar-refractivity contribution >= 4 is 17.7 Å². The lowest BCUT2D eigenvalue weighted by atomic mass is 10.0. The van der Waals surface area contributed by atoms with E-state index in [-0.39, 0.29) is 11.3 Å². The van der Waals surface area contributed by atoms with E-state index in [1.807, 2.05) is 6.08 Å². The zero-order valence-corrected chi connectivity index (χ0v) is 7.32. The highest BCUT2D eigenvalue weighted by Crippen LogP contribution is 2.29. The van der Waals surface area contributed by atoms with Gasteiger partial charge < -0.3 is 15.5 Å². The molecule has 0 saturated heterocycles. The van der Waals surface area contributed by atoms with Gasteiger partial charge in [0.25, 0.3) is 0 Å². The predicted molar refractivity (Wildman–Crippen MR) is 52.6 cm³/mol. The summed E-state index contributed by atoms with van der Waals surface area (Å²) in [6.07, 6.45) is 3.66. The Hall–Kier alpha value is -1.97. The van der Waals surface area contributed by atoms with Crippen molar-refractivity contribution in [3.63, 3.8) is 0 Å². The van der Waals surface area contributed by atoms with Gasteiger partial charge in [-0.3, -0.25) is 0 Å². The molecule has 1 aliphatic rings. The highest BCUT2D eigenvalue weighted by Gasteiger charge is 2.15. The number of hydrogen-bond donors (Lipinski definition) is 3. The molecule has 0 spiro atoms. The monoisotopic (exact) mass is 191 g/mol. The summed E-state index contributed by atoms with van der Waals surface area (Å²) >= 11 is 0. The lowest BCUT2D eigenvalue weighted by Gasteiger charge is -2.15. The molecule has 1 aromatic rings. The zero-order chi connectivity index (χ0) is 10.1. The van der Waals surface area contributed by atoms with Crippen molar-refractivity contribution in [2.45, 2.75) is 0 Å². The Morgan fingerprint density at radius 2 is 2.21 bits per heavy atom. The van der Waals surface area contributed by atoms with Crippen LogP contribution in [0.25, 0.3) is 6.08 Å². The van der Waals surface area contributed by atoms with E-state index in [0.29, 0.717) is 17.8 Å². The van der Waals surface area contributed by atoms with E-state index in [9.17, 15) is 9.90 Å². The normalized spacial score (nSPS) is 13.1. The van der Waals surface area contributed by atoms with Crippen LogP contribution in [0.2, 0.25) is 0 Å². The van der Waals surface area contributed by atoms with Gasteiger partial charge in [0.05, 0.1) is 11.3 Å². The van der Waals surface area contributed by atoms with Crippen molar-refractivity contribution in [3.8, 4) is 5.75 Å². The second-order valence-corrected chi connectivity index (χ2v) is 3.05. The molecule has 0 unspecified atom stereocenters. The molecule has 0 bridgehead atoms. The van der Waals surface area contributed by atoms with E-state index in [1.165, 1.54) is 12.1 Å². The number of aromatic carboxylic acids is 1. The lowest BCUT2D eigenvalue weighted by molar-refractivity contribution is 0.0697. The summed E-state index contributed by atoms with van der Waals surface area (Å²) in [5.74, 6) is -1.07. The molecule has 0 saturated carbocycles. The van der Waals surface area contributed by atoms with Crippen molar-refractivity contribution in [1.82, 2.24) is 0 Å². The minimum Gasteiger partial charge on any atom is -0.508 e. The molecular formula is C10H9NO3. The molecular weight excluding hydrogens is 182 g/mol. The fourth-order valence-electron chi connectivity index (χ4n) is 1.49. The number of phenols is 1. The summed E-state index contributed by atoms with van der Waals surface area (Å²) in [5.41, 5.74) is 1.37. The standard InChI is InChI=1S/C10H9NO3/c12-7-4-6-2-1-3-11-9(6)8(5-7)10(13)14/h1-2,4-5,11-12H,3H2,(H,13,14). The fraction of sp³-hybridized carbons (Fsp3) is 0.100. The van der Waals surface area contributed by atoms with E-state index in [1.54, 1.807) is 6.08 Å². The molecule has 0 amide bonds. The molecule has 1 aromatic carbocycles. The Balaban J connectivity index is 2.65. The molecule has 1 heterocycles. The highest BCUT2D eigenvalue weighted by atomic mass is 16.4. The summed E-state index contributed by atoms with van der Waals surface area (Å²) in [4.78, 5) is 10.8. The maximum atomic E-state index is 10.8. The average molecular weight is 191 g/mol. The fourth-order valence-corrected chi connectivity index (χ4v) is 1.49. The van der Waals surface area contributed by atoms with Crippen molar-refractivity contribution in [3.05, 3.63) is 29.3 Å². The maximum absolute atomic E-state index is 10.8. The van der Waals surface area contributed by atoms with Gasteiger partial charge in [-0.2, -0.15) is 0 Å². The van der Waals surface area contributed by atoms with Crippen LogP contribution in [-0.4, -0.2) is 22.7 Å². The van der Waals surface area contributed by atoms with Crippen molar-refractivity contribution in [1.29, 1.82) is 0 Å². The van der Waals surface area contributed by atoms with E-state index in [2.05, 4.69) is 5.32 Å². The number of hydrogen-bond acceptors (Lipinski definition) is 3. The Bertz CT molecular complexity index is 424. The molecule has 0 radical (unpaired) electrons. The van der Waals surface area contributed by atoms with Gasteiger partial charge in [0.2, 0.25) is 0 Å². The number of fused-ring (bicyclic) bond motifs is 1. The first-order valence-electron chi connectivity index (χ1n) is 4.19. The van der Waals surface area contributed by atoms with Crippen molar-refractivity contribution in [2.24, 2.45) is 0 Å². The average Bonchev–Trinajstić information content (AvgIpc) is 2.16. The Morgan fingerprint density at radius 3 is 2.93 bits per heavy atom. The van der Waals surface area contributed by atoms with Gasteiger partial charge in [0.15, 0.2) is 0 Å². The molecule has 3 N–H and O–H groups in total. The number of rotatable bonds is 1. The van der Waals surface area contributed by atoms with Crippen LogP contribution in [0.4, 0.5) is 5.69 Å². The third-order valence-corrected chi connectivity index (χ3v) is 2.08. The molecule has 0 atom stereocenters. The van der Waals surface area contributed by atoms with E-state index in [0.717, 1.165) is 0 Å². The molecule has 72 valence electrons. The third-order valence-electron chi connectivity index (χ3n) is 2.08.